The second kappa shape index (κ2) is 7.48. The van der Waals surface area contributed by atoms with Crippen LogP contribution in [-0.2, 0) is 6.54 Å². The summed E-state index contributed by atoms with van der Waals surface area (Å²) in [4.78, 5) is 14.2. The lowest BCUT2D eigenvalue weighted by molar-refractivity contribution is 0.165. The van der Waals surface area contributed by atoms with Crippen LogP contribution >= 0.6 is 15.9 Å². The Balaban J connectivity index is 1.95. The minimum atomic E-state index is -0.0126. The number of hydrogen-bond acceptors (Lipinski definition) is 1. The SMILES string of the molecule is C=C(Br)CNC(=O)N(Cc1ccccc1)CC1CCC1. The van der Waals surface area contributed by atoms with E-state index < -0.39 is 0 Å². The fraction of sp³-hybridized carbons (Fsp3) is 0.438. The third-order valence-corrected chi connectivity index (χ3v) is 3.92. The Labute approximate surface area is 129 Å². The molecule has 1 aliphatic carbocycles. The van der Waals surface area contributed by atoms with Gasteiger partial charge in [0.25, 0.3) is 0 Å². The molecule has 2 rings (SSSR count). The van der Waals surface area contributed by atoms with Crippen molar-refractivity contribution in [3.8, 4) is 0 Å². The van der Waals surface area contributed by atoms with Gasteiger partial charge in [-0.1, -0.05) is 59.3 Å². The Hall–Kier alpha value is -1.29. The van der Waals surface area contributed by atoms with Crippen LogP contribution in [0, 0.1) is 5.92 Å². The number of amides is 2. The van der Waals surface area contributed by atoms with Crippen molar-refractivity contribution in [2.45, 2.75) is 25.8 Å². The number of carbonyl (C=O) groups is 1. The van der Waals surface area contributed by atoms with Crippen LogP contribution in [-0.4, -0.2) is 24.0 Å². The van der Waals surface area contributed by atoms with Gasteiger partial charge in [-0.25, -0.2) is 4.79 Å². The maximum atomic E-state index is 12.3. The Morgan fingerprint density at radius 2 is 2.05 bits per heavy atom. The fourth-order valence-electron chi connectivity index (χ4n) is 2.29. The van der Waals surface area contributed by atoms with Crippen LogP contribution in [0.15, 0.2) is 41.4 Å². The summed E-state index contributed by atoms with van der Waals surface area (Å²) >= 11 is 3.27. The van der Waals surface area contributed by atoms with E-state index in [1.54, 1.807) is 0 Å². The lowest BCUT2D eigenvalue weighted by Gasteiger charge is -2.32. The zero-order chi connectivity index (χ0) is 14.4. The lowest BCUT2D eigenvalue weighted by atomic mass is 9.85. The van der Waals surface area contributed by atoms with Crippen LogP contribution in [0.5, 0.6) is 0 Å². The van der Waals surface area contributed by atoms with Crippen LogP contribution in [0.4, 0.5) is 4.79 Å². The van der Waals surface area contributed by atoms with Crippen LogP contribution in [0.1, 0.15) is 24.8 Å². The van der Waals surface area contributed by atoms with Crippen molar-refractivity contribution >= 4 is 22.0 Å². The van der Waals surface area contributed by atoms with Crippen molar-refractivity contribution < 1.29 is 4.79 Å². The number of rotatable bonds is 6. The van der Waals surface area contributed by atoms with E-state index in [0.717, 1.165) is 11.0 Å². The fourth-order valence-corrected chi connectivity index (χ4v) is 2.43. The van der Waals surface area contributed by atoms with Gasteiger partial charge in [-0.05, 0) is 24.3 Å². The Morgan fingerprint density at radius 1 is 1.35 bits per heavy atom. The summed E-state index contributed by atoms with van der Waals surface area (Å²) in [6.45, 7) is 5.72. The van der Waals surface area contributed by atoms with Crippen molar-refractivity contribution in [1.29, 1.82) is 0 Å². The Morgan fingerprint density at radius 3 is 2.60 bits per heavy atom. The molecule has 0 radical (unpaired) electrons. The zero-order valence-electron chi connectivity index (χ0n) is 11.6. The van der Waals surface area contributed by atoms with Gasteiger partial charge in [0.15, 0.2) is 0 Å². The van der Waals surface area contributed by atoms with Crippen LogP contribution in [0.2, 0.25) is 0 Å². The van der Waals surface area contributed by atoms with Gasteiger partial charge in [-0.2, -0.15) is 0 Å². The van der Waals surface area contributed by atoms with Gasteiger partial charge in [-0.3, -0.25) is 0 Å². The maximum absolute atomic E-state index is 12.3. The highest BCUT2D eigenvalue weighted by Crippen LogP contribution is 2.27. The number of nitrogens with zero attached hydrogens (tertiary/aromatic N) is 1. The first kappa shape index (κ1) is 15.1. The molecule has 108 valence electrons. The second-order valence-electron chi connectivity index (χ2n) is 5.34. The molecule has 1 fully saturated rings. The summed E-state index contributed by atoms with van der Waals surface area (Å²) in [6.07, 6.45) is 3.77. The summed E-state index contributed by atoms with van der Waals surface area (Å²) in [5.41, 5.74) is 1.17. The quantitative estimate of drug-likeness (QED) is 0.839. The van der Waals surface area contributed by atoms with Crippen LogP contribution in [0.3, 0.4) is 0 Å². The smallest absolute Gasteiger partial charge is 0.317 e. The van der Waals surface area contributed by atoms with E-state index in [1.807, 2.05) is 23.1 Å². The predicted octanol–water partition coefficient (Wildman–Crippen LogP) is 3.91. The van der Waals surface area contributed by atoms with E-state index in [4.69, 9.17) is 0 Å². The number of urea groups is 1. The van der Waals surface area contributed by atoms with Gasteiger partial charge in [0.1, 0.15) is 0 Å². The summed E-state index contributed by atoms with van der Waals surface area (Å²) in [7, 11) is 0. The maximum Gasteiger partial charge on any atom is 0.317 e. The molecule has 1 aliphatic rings. The number of carbonyl (C=O) groups excluding carboxylic acids is 1. The molecule has 2 amide bonds. The molecule has 0 aliphatic heterocycles. The average Bonchev–Trinajstić information content (AvgIpc) is 2.39. The first-order valence-electron chi connectivity index (χ1n) is 7.05. The first-order valence-corrected chi connectivity index (χ1v) is 7.84. The molecular formula is C16H21BrN2O. The highest BCUT2D eigenvalue weighted by Gasteiger charge is 2.23. The highest BCUT2D eigenvalue weighted by atomic mass is 79.9. The molecule has 1 aromatic rings. The first-order chi connectivity index (χ1) is 9.65. The van der Waals surface area contributed by atoms with Crippen molar-refractivity contribution in [1.82, 2.24) is 10.2 Å². The number of hydrogen-bond donors (Lipinski definition) is 1. The van der Waals surface area contributed by atoms with Gasteiger partial charge in [0.2, 0.25) is 0 Å². The highest BCUT2D eigenvalue weighted by molar-refractivity contribution is 9.11. The standard InChI is InChI=1S/C16H21BrN2O/c1-13(17)10-18-16(20)19(12-15-8-5-9-15)11-14-6-3-2-4-7-14/h2-4,6-7,15H,1,5,8-12H2,(H,18,20). The second-order valence-corrected chi connectivity index (χ2v) is 6.46. The molecule has 0 saturated heterocycles. The summed E-state index contributed by atoms with van der Waals surface area (Å²) in [6, 6.07) is 10.1. The molecule has 0 unspecified atom stereocenters. The van der Waals surface area contributed by atoms with Crippen molar-refractivity contribution in [2.75, 3.05) is 13.1 Å². The number of benzene rings is 1. The van der Waals surface area contributed by atoms with Gasteiger partial charge >= 0.3 is 6.03 Å². The van der Waals surface area contributed by atoms with Gasteiger partial charge in [0.05, 0.1) is 6.54 Å². The van der Waals surface area contributed by atoms with E-state index in [0.29, 0.717) is 19.0 Å². The van der Waals surface area contributed by atoms with Gasteiger partial charge < -0.3 is 10.2 Å². The van der Waals surface area contributed by atoms with E-state index >= 15 is 0 Å². The normalized spacial score (nSPS) is 14.4. The van der Waals surface area contributed by atoms with Crippen molar-refractivity contribution in [3.63, 3.8) is 0 Å². The molecular weight excluding hydrogens is 316 g/mol. The van der Waals surface area contributed by atoms with Crippen molar-refractivity contribution in [2.24, 2.45) is 5.92 Å². The molecule has 4 heteroatoms. The van der Waals surface area contributed by atoms with Gasteiger partial charge in [-0.15, -0.1) is 0 Å². The Bertz CT molecular complexity index is 457. The van der Waals surface area contributed by atoms with Crippen LogP contribution in [0.25, 0.3) is 0 Å². The molecule has 0 aromatic heterocycles. The molecule has 3 nitrogen and oxygen atoms in total. The van der Waals surface area contributed by atoms with E-state index in [9.17, 15) is 4.79 Å². The van der Waals surface area contributed by atoms with Crippen molar-refractivity contribution in [3.05, 3.63) is 47.0 Å². The molecule has 20 heavy (non-hydrogen) atoms. The predicted molar refractivity (Wildman–Crippen MR) is 85.7 cm³/mol. The van der Waals surface area contributed by atoms with Gasteiger partial charge in [0, 0.05) is 17.6 Å². The molecule has 1 aromatic carbocycles. The third-order valence-electron chi connectivity index (χ3n) is 3.64. The molecule has 0 bridgehead atoms. The number of halogens is 1. The minimum Gasteiger partial charge on any atom is -0.333 e. The number of nitrogens with one attached hydrogen (secondary N) is 1. The average molecular weight is 337 g/mol. The summed E-state index contributed by atoms with van der Waals surface area (Å²) in [5.74, 6) is 0.664. The lowest BCUT2D eigenvalue weighted by Crippen LogP contribution is -2.43. The van der Waals surface area contributed by atoms with E-state index in [1.165, 1.54) is 24.8 Å². The monoisotopic (exact) mass is 336 g/mol. The molecule has 1 saturated carbocycles. The van der Waals surface area contributed by atoms with E-state index in [2.05, 4.69) is 40.0 Å². The van der Waals surface area contributed by atoms with E-state index in [-0.39, 0.29) is 6.03 Å². The topological polar surface area (TPSA) is 32.3 Å². The van der Waals surface area contributed by atoms with Crippen LogP contribution < -0.4 is 5.32 Å². The third kappa shape index (κ3) is 4.67. The summed E-state index contributed by atoms with van der Waals surface area (Å²) < 4.78 is 0.786. The minimum absolute atomic E-state index is 0.0126. The molecule has 0 atom stereocenters. The largest absolute Gasteiger partial charge is 0.333 e. The molecule has 1 N–H and O–H groups in total. The molecule has 0 heterocycles. The summed E-state index contributed by atoms with van der Waals surface area (Å²) in [5, 5.41) is 2.90. The zero-order valence-corrected chi connectivity index (χ0v) is 13.2. The molecule has 0 spiro atoms. The Kier molecular flexibility index (Phi) is 5.65.